The molecule has 1 N–H and O–H groups in total. The van der Waals surface area contributed by atoms with Crippen molar-refractivity contribution in [3.63, 3.8) is 0 Å². The molecule has 2 aromatic rings. The Balaban J connectivity index is 1.93. The first-order valence-corrected chi connectivity index (χ1v) is 8.04. The molecular formula is C17H14BrClN2O2. The molecule has 4 nitrogen and oxygen atoms in total. The number of nitrogens with one attached hydrogen (secondary N) is 1. The minimum absolute atomic E-state index is 0.152. The summed E-state index contributed by atoms with van der Waals surface area (Å²) < 4.78 is 6.33. The number of hydrogen-bond acceptors (Lipinski definition) is 3. The van der Waals surface area contributed by atoms with E-state index in [4.69, 9.17) is 21.6 Å². The van der Waals surface area contributed by atoms with Gasteiger partial charge in [-0.1, -0.05) is 45.7 Å². The van der Waals surface area contributed by atoms with Gasteiger partial charge in [0.25, 0.3) is 5.91 Å². The van der Waals surface area contributed by atoms with E-state index in [9.17, 15) is 4.79 Å². The summed E-state index contributed by atoms with van der Waals surface area (Å²) in [5, 5.41) is 11.9. The molecule has 0 heterocycles. The number of halogens is 2. The van der Waals surface area contributed by atoms with E-state index in [0.29, 0.717) is 16.3 Å². The second-order valence-corrected chi connectivity index (χ2v) is 6.12. The van der Waals surface area contributed by atoms with Gasteiger partial charge in [-0.05, 0) is 36.8 Å². The zero-order valence-electron chi connectivity index (χ0n) is 12.3. The van der Waals surface area contributed by atoms with Crippen molar-refractivity contribution < 1.29 is 9.53 Å². The Labute approximate surface area is 148 Å². The molecule has 0 radical (unpaired) electrons. The summed E-state index contributed by atoms with van der Waals surface area (Å²) in [7, 11) is 0. The van der Waals surface area contributed by atoms with Crippen molar-refractivity contribution in [3.05, 3.63) is 63.1 Å². The van der Waals surface area contributed by atoms with Gasteiger partial charge >= 0.3 is 0 Å². The highest BCUT2D eigenvalue weighted by molar-refractivity contribution is 9.10. The lowest BCUT2D eigenvalue weighted by Gasteiger charge is -2.16. The molecule has 23 heavy (non-hydrogen) atoms. The first-order valence-electron chi connectivity index (χ1n) is 6.87. The van der Waals surface area contributed by atoms with E-state index >= 15 is 0 Å². The van der Waals surface area contributed by atoms with Crippen molar-refractivity contribution in [1.29, 1.82) is 5.26 Å². The van der Waals surface area contributed by atoms with Crippen LogP contribution in [0.15, 0.2) is 46.9 Å². The Morgan fingerprint density at radius 3 is 2.78 bits per heavy atom. The molecule has 0 aliphatic carbocycles. The number of rotatable bonds is 5. The average Bonchev–Trinajstić information content (AvgIpc) is 2.53. The lowest BCUT2D eigenvalue weighted by molar-refractivity contribution is -0.123. The predicted molar refractivity (Wildman–Crippen MR) is 92.4 cm³/mol. The number of hydrogen-bond donors (Lipinski definition) is 1. The summed E-state index contributed by atoms with van der Waals surface area (Å²) >= 11 is 9.46. The minimum atomic E-state index is -0.256. The second kappa shape index (κ2) is 8.00. The largest absolute Gasteiger partial charge is 0.482 e. The Bertz CT molecular complexity index is 758. The van der Waals surface area contributed by atoms with Crippen LogP contribution in [0.3, 0.4) is 0 Å². The quantitative estimate of drug-likeness (QED) is 0.827. The molecule has 0 saturated heterocycles. The highest BCUT2D eigenvalue weighted by Gasteiger charge is 2.13. The monoisotopic (exact) mass is 392 g/mol. The third-order valence-electron chi connectivity index (χ3n) is 3.17. The van der Waals surface area contributed by atoms with Gasteiger partial charge in [0.2, 0.25) is 0 Å². The topological polar surface area (TPSA) is 62.1 Å². The number of carbonyl (C=O) groups excluding carboxylic acids is 1. The van der Waals surface area contributed by atoms with E-state index < -0.39 is 0 Å². The highest BCUT2D eigenvalue weighted by atomic mass is 79.9. The highest BCUT2D eigenvalue weighted by Crippen LogP contribution is 2.25. The van der Waals surface area contributed by atoms with Gasteiger partial charge in [0.1, 0.15) is 5.75 Å². The summed E-state index contributed by atoms with van der Waals surface area (Å²) in [5.74, 6) is 0.114. The summed E-state index contributed by atoms with van der Waals surface area (Å²) in [4.78, 5) is 12.0. The van der Waals surface area contributed by atoms with Crippen LogP contribution < -0.4 is 10.1 Å². The van der Waals surface area contributed by atoms with Crippen LogP contribution in [-0.4, -0.2) is 12.5 Å². The predicted octanol–water partition coefficient (Wildman–Crippen LogP) is 4.23. The van der Waals surface area contributed by atoms with Gasteiger partial charge in [-0.2, -0.15) is 5.26 Å². The van der Waals surface area contributed by atoms with Gasteiger partial charge in [0, 0.05) is 4.47 Å². The summed E-state index contributed by atoms with van der Waals surface area (Å²) in [6.07, 6.45) is 0. The van der Waals surface area contributed by atoms with Crippen LogP contribution in [0, 0.1) is 11.3 Å². The molecule has 2 rings (SSSR count). The van der Waals surface area contributed by atoms with E-state index in [1.54, 1.807) is 12.1 Å². The molecule has 0 aromatic heterocycles. The van der Waals surface area contributed by atoms with Crippen LogP contribution in [0.1, 0.15) is 24.1 Å². The van der Waals surface area contributed by atoms with Gasteiger partial charge in [-0.25, -0.2) is 0 Å². The zero-order valence-corrected chi connectivity index (χ0v) is 14.7. The SMILES string of the molecule is C[C@@H](NC(=O)COc1ccc(C#N)cc1Cl)c1ccccc1Br. The van der Waals surface area contributed by atoms with Crippen LogP contribution >= 0.6 is 27.5 Å². The first-order chi connectivity index (χ1) is 11.0. The first kappa shape index (κ1) is 17.3. The van der Waals surface area contributed by atoms with Gasteiger partial charge in [-0.15, -0.1) is 0 Å². The molecule has 0 fully saturated rings. The molecule has 6 heteroatoms. The normalized spacial score (nSPS) is 11.4. The molecule has 0 spiro atoms. The van der Waals surface area contributed by atoms with Crippen molar-refractivity contribution in [2.24, 2.45) is 0 Å². The molecule has 2 aromatic carbocycles. The Hall–Kier alpha value is -2.03. The van der Waals surface area contributed by atoms with Crippen LogP contribution in [0.25, 0.3) is 0 Å². The fraction of sp³-hybridized carbons (Fsp3) is 0.176. The smallest absolute Gasteiger partial charge is 0.258 e. The Morgan fingerprint density at radius 1 is 1.39 bits per heavy atom. The number of nitriles is 1. The molecule has 1 amide bonds. The Morgan fingerprint density at radius 2 is 2.13 bits per heavy atom. The van der Waals surface area contributed by atoms with Crippen LogP contribution in [0.4, 0.5) is 0 Å². The standard InChI is InChI=1S/C17H14BrClN2O2/c1-11(13-4-2-3-5-14(13)18)21-17(22)10-23-16-7-6-12(9-20)8-15(16)19/h2-8,11H,10H2,1H3,(H,21,22)/t11-/m1/s1. The summed E-state index contributed by atoms with van der Waals surface area (Å²) in [6.45, 7) is 1.74. The molecular weight excluding hydrogens is 380 g/mol. The molecule has 0 bridgehead atoms. The molecule has 1 atom stereocenters. The number of ether oxygens (including phenoxy) is 1. The van der Waals surface area contributed by atoms with Crippen molar-refractivity contribution in [3.8, 4) is 11.8 Å². The summed E-state index contributed by atoms with van der Waals surface area (Å²) in [5.41, 5.74) is 1.42. The molecule has 0 aliphatic heterocycles. The fourth-order valence-corrected chi connectivity index (χ4v) is 2.88. The second-order valence-electron chi connectivity index (χ2n) is 4.86. The van der Waals surface area contributed by atoms with Gasteiger partial charge in [0.05, 0.1) is 22.7 Å². The van der Waals surface area contributed by atoms with Crippen LogP contribution in [-0.2, 0) is 4.79 Å². The van der Waals surface area contributed by atoms with Crippen molar-refractivity contribution >= 4 is 33.4 Å². The molecule has 118 valence electrons. The zero-order chi connectivity index (χ0) is 16.8. The lowest BCUT2D eigenvalue weighted by Crippen LogP contribution is -2.31. The number of amides is 1. The molecule has 0 saturated carbocycles. The Kier molecular flexibility index (Phi) is 6.03. The van der Waals surface area contributed by atoms with Crippen LogP contribution in [0.2, 0.25) is 5.02 Å². The molecule has 0 unspecified atom stereocenters. The van der Waals surface area contributed by atoms with Crippen molar-refractivity contribution in [1.82, 2.24) is 5.32 Å². The molecule has 0 aliphatic rings. The lowest BCUT2D eigenvalue weighted by atomic mass is 10.1. The van der Waals surface area contributed by atoms with E-state index in [2.05, 4.69) is 21.2 Å². The number of benzene rings is 2. The average molecular weight is 394 g/mol. The maximum atomic E-state index is 12.0. The van der Waals surface area contributed by atoms with Gasteiger partial charge in [-0.3, -0.25) is 4.79 Å². The minimum Gasteiger partial charge on any atom is -0.482 e. The van der Waals surface area contributed by atoms with Gasteiger partial charge in [0.15, 0.2) is 6.61 Å². The number of carbonyl (C=O) groups is 1. The van der Waals surface area contributed by atoms with E-state index in [1.807, 2.05) is 37.3 Å². The van der Waals surface area contributed by atoms with Crippen molar-refractivity contribution in [2.45, 2.75) is 13.0 Å². The van der Waals surface area contributed by atoms with Crippen LogP contribution in [0.5, 0.6) is 5.75 Å². The third kappa shape index (κ3) is 4.72. The van der Waals surface area contributed by atoms with E-state index in [-0.39, 0.29) is 18.6 Å². The third-order valence-corrected chi connectivity index (χ3v) is 4.19. The van der Waals surface area contributed by atoms with E-state index in [0.717, 1.165) is 10.0 Å². The maximum Gasteiger partial charge on any atom is 0.258 e. The summed E-state index contributed by atoms with van der Waals surface area (Å²) in [6, 6.07) is 14.2. The maximum absolute atomic E-state index is 12.0. The van der Waals surface area contributed by atoms with E-state index in [1.165, 1.54) is 6.07 Å². The van der Waals surface area contributed by atoms with Gasteiger partial charge < -0.3 is 10.1 Å². The van der Waals surface area contributed by atoms with Crippen molar-refractivity contribution in [2.75, 3.05) is 6.61 Å². The number of nitrogens with zero attached hydrogens (tertiary/aromatic N) is 1. The fourth-order valence-electron chi connectivity index (χ4n) is 2.02.